The van der Waals surface area contributed by atoms with Crippen LogP contribution in [0.4, 0.5) is 0 Å². The summed E-state index contributed by atoms with van der Waals surface area (Å²) >= 11 is 0. The van der Waals surface area contributed by atoms with Crippen LogP contribution in [0.2, 0.25) is 0 Å². The summed E-state index contributed by atoms with van der Waals surface area (Å²) in [6.45, 7) is 17.4. The fourth-order valence-electron chi connectivity index (χ4n) is 4.51. The molecule has 0 aromatic heterocycles. The van der Waals surface area contributed by atoms with E-state index in [1.54, 1.807) is 0 Å². The van der Waals surface area contributed by atoms with Crippen LogP contribution < -0.4 is 10.6 Å². The molecule has 2 aliphatic heterocycles. The quantitative estimate of drug-likeness (QED) is 0.453. The number of rotatable bonds is 9. The highest BCUT2D eigenvalue weighted by Crippen LogP contribution is 2.19. The maximum absolute atomic E-state index is 5.56. The zero-order chi connectivity index (χ0) is 20.4. The van der Waals surface area contributed by atoms with E-state index >= 15 is 0 Å². The van der Waals surface area contributed by atoms with Gasteiger partial charge in [0.05, 0.1) is 26.4 Å². The molecule has 0 aromatic rings. The molecule has 0 aromatic carbocycles. The van der Waals surface area contributed by atoms with E-state index in [0.29, 0.717) is 24.0 Å². The molecule has 164 valence electrons. The topological polar surface area (TPSA) is 61.4 Å². The van der Waals surface area contributed by atoms with Gasteiger partial charge < -0.3 is 20.1 Å². The van der Waals surface area contributed by atoms with Gasteiger partial charge in [-0.05, 0) is 19.8 Å². The van der Waals surface area contributed by atoms with Crippen LogP contribution in [-0.4, -0.2) is 100 Å². The molecular formula is C21H43N5O2. The number of morpholine rings is 2. The van der Waals surface area contributed by atoms with Gasteiger partial charge in [0.2, 0.25) is 0 Å². The normalized spacial score (nSPS) is 24.9. The number of guanidine groups is 1. The second kappa shape index (κ2) is 12.6. The van der Waals surface area contributed by atoms with Gasteiger partial charge in [0, 0.05) is 57.9 Å². The van der Waals surface area contributed by atoms with Gasteiger partial charge in [-0.25, -0.2) is 0 Å². The molecule has 28 heavy (non-hydrogen) atoms. The van der Waals surface area contributed by atoms with E-state index in [0.717, 1.165) is 65.1 Å². The third kappa shape index (κ3) is 6.87. The molecule has 2 heterocycles. The minimum absolute atomic E-state index is 0.450. The molecule has 0 bridgehead atoms. The lowest BCUT2D eigenvalue weighted by Gasteiger charge is -2.39. The van der Waals surface area contributed by atoms with Crippen LogP contribution in [0, 0.1) is 5.92 Å². The summed E-state index contributed by atoms with van der Waals surface area (Å²) in [5.74, 6) is 1.59. The summed E-state index contributed by atoms with van der Waals surface area (Å²) in [4.78, 5) is 9.58. The maximum atomic E-state index is 5.56. The van der Waals surface area contributed by atoms with Crippen molar-refractivity contribution in [2.24, 2.45) is 10.9 Å². The second-order valence-electron chi connectivity index (χ2n) is 8.14. The Balaban J connectivity index is 1.85. The van der Waals surface area contributed by atoms with Crippen molar-refractivity contribution in [1.82, 2.24) is 20.4 Å². The predicted octanol–water partition coefficient (Wildman–Crippen LogP) is 1.40. The summed E-state index contributed by atoms with van der Waals surface area (Å²) in [6.07, 6.45) is 2.41. The molecule has 3 unspecified atom stereocenters. The molecule has 0 radical (unpaired) electrons. The van der Waals surface area contributed by atoms with E-state index in [1.165, 1.54) is 12.8 Å². The van der Waals surface area contributed by atoms with Crippen LogP contribution >= 0.6 is 0 Å². The van der Waals surface area contributed by atoms with Crippen LogP contribution in [0.25, 0.3) is 0 Å². The van der Waals surface area contributed by atoms with Gasteiger partial charge in [-0.3, -0.25) is 14.8 Å². The van der Waals surface area contributed by atoms with E-state index in [4.69, 9.17) is 9.47 Å². The Morgan fingerprint density at radius 2 is 1.68 bits per heavy atom. The smallest absolute Gasteiger partial charge is 0.191 e. The van der Waals surface area contributed by atoms with Crippen LogP contribution in [0.5, 0.6) is 0 Å². The first-order valence-electron chi connectivity index (χ1n) is 11.2. The highest BCUT2D eigenvalue weighted by Gasteiger charge is 2.27. The number of nitrogens with one attached hydrogen (secondary N) is 2. The molecule has 2 rings (SSSR count). The molecule has 7 heteroatoms. The van der Waals surface area contributed by atoms with Gasteiger partial charge in [0.1, 0.15) is 0 Å². The van der Waals surface area contributed by atoms with Gasteiger partial charge in [-0.1, -0.05) is 26.7 Å². The van der Waals surface area contributed by atoms with E-state index in [1.807, 2.05) is 7.05 Å². The number of nitrogens with zero attached hydrogens (tertiary/aromatic N) is 3. The van der Waals surface area contributed by atoms with Crippen molar-refractivity contribution in [1.29, 1.82) is 0 Å². The predicted molar refractivity (Wildman–Crippen MR) is 116 cm³/mol. The van der Waals surface area contributed by atoms with E-state index in [2.05, 4.69) is 53.1 Å². The Bertz CT molecular complexity index is 452. The third-order valence-electron chi connectivity index (χ3n) is 6.36. The van der Waals surface area contributed by atoms with E-state index < -0.39 is 0 Å². The van der Waals surface area contributed by atoms with Crippen molar-refractivity contribution in [2.75, 3.05) is 66.2 Å². The summed E-state index contributed by atoms with van der Waals surface area (Å²) in [6, 6.07) is 1.45. The second-order valence-corrected chi connectivity index (χ2v) is 8.14. The highest BCUT2D eigenvalue weighted by atomic mass is 16.5. The molecule has 2 saturated heterocycles. The molecule has 2 fully saturated rings. The van der Waals surface area contributed by atoms with Gasteiger partial charge >= 0.3 is 0 Å². The van der Waals surface area contributed by atoms with Crippen molar-refractivity contribution in [2.45, 2.75) is 58.7 Å². The van der Waals surface area contributed by atoms with Crippen molar-refractivity contribution in [3.05, 3.63) is 0 Å². The Morgan fingerprint density at radius 3 is 2.29 bits per heavy atom. The zero-order valence-corrected chi connectivity index (χ0v) is 18.7. The van der Waals surface area contributed by atoms with Crippen molar-refractivity contribution in [3.8, 4) is 0 Å². The van der Waals surface area contributed by atoms with Crippen molar-refractivity contribution >= 4 is 5.96 Å². The molecule has 2 aliphatic rings. The van der Waals surface area contributed by atoms with Gasteiger partial charge in [0.25, 0.3) is 0 Å². The summed E-state index contributed by atoms with van der Waals surface area (Å²) < 4.78 is 11.1. The molecule has 0 spiro atoms. The lowest BCUT2D eigenvalue weighted by molar-refractivity contribution is -0.0174. The highest BCUT2D eigenvalue weighted by molar-refractivity contribution is 5.79. The maximum Gasteiger partial charge on any atom is 0.191 e. The summed E-state index contributed by atoms with van der Waals surface area (Å²) in [5, 5.41) is 7.13. The lowest BCUT2D eigenvalue weighted by atomic mass is 9.92. The Kier molecular flexibility index (Phi) is 10.5. The number of hydrogen-bond donors (Lipinski definition) is 2. The average molecular weight is 398 g/mol. The minimum atomic E-state index is 0.450. The Hall–Kier alpha value is -0.890. The molecule has 2 N–H and O–H groups in total. The number of ether oxygens (including phenoxy) is 2. The lowest BCUT2D eigenvalue weighted by Crippen LogP contribution is -2.55. The van der Waals surface area contributed by atoms with Crippen LogP contribution in [0.3, 0.4) is 0 Å². The fraction of sp³-hybridized carbons (Fsp3) is 0.952. The molecule has 0 aliphatic carbocycles. The summed E-state index contributed by atoms with van der Waals surface area (Å²) in [5.41, 5.74) is 0. The number of aliphatic imine (C=N–C) groups is 1. The Morgan fingerprint density at radius 1 is 1.04 bits per heavy atom. The van der Waals surface area contributed by atoms with Gasteiger partial charge in [0.15, 0.2) is 5.96 Å². The van der Waals surface area contributed by atoms with E-state index in [9.17, 15) is 0 Å². The van der Waals surface area contributed by atoms with E-state index in [-0.39, 0.29) is 0 Å². The third-order valence-corrected chi connectivity index (χ3v) is 6.36. The van der Waals surface area contributed by atoms with Crippen molar-refractivity contribution in [3.63, 3.8) is 0 Å². The average Bonchev–Trinajstić information content (AvgIpc) is 2.73. The minimum Gasteiger partial charge on any atom is -0.379 e. The standard InChI is InChI=1S/C21H43N5O2/c1-6-19(7-2)20(25-8-11-27-12-9-25)15-24-21(22-5)23-14-17(3)26-10-13-28-16-18(26)4/h17-20H,6-16H2,1-5H3,(H2,22,23,24). The SMILES string of the molecule is CCC(CC)C(CNC(=NC)NCC(C)N1CCOCC1C)N1CCOCC1. The molecule has 0 saturated carbocycles. The molecule has 3 atom stereocenters. The first-order valence-corrected chi connectivity index (χ1v) is 11.2. The van der Waals surface area contributed by atoms with Crippen LogP contribution in [0.1, 0.15) is 40.5 Å². The molecular weight excluding hydrogens is 354 g/mol. The number of hydrogen-bond acceptors (Lipinski definition) is 5. The summed E-state index contributed by atoms with van der Waals surface area (Å²) in [7, 11) is 1.86. The van der Waals surface area contributed by atoms with Crippen molar-refractivity contribution < 1.29 is 9.47 Å². The first-order chi connectivity index (χ1) is 13.6. The van der Waals surface area contributed by atoms with Gasteiger partial charge in [-0.15, -0.1) is 0 Å². The fourth-order valence-corrected chi connectivity index (χ4v) is 4.51. The molecule has 7 nitrogen and oxygen atoms in total. The van der Waals surface area contributed by atoms with Gasteiger partial charge in [-0.2, -0.15) is 0 Å². The Labute approximate surface area is 172 Å². The molecule has 0 amide bonds. The monoisotopic (exact) mass is 397 g/mol. The largest absolute Gasteiger partial charge is 0.379 e. The van der Waals surface area contributed by atoms with Crippen LogP contribution in [0.15, 0.2) is 4.99 Å². The van der Waals surface area contributed by atoms with Crippen LogP contribution in [-0.2, 0) is 9.47 Å². The zero-order valence-electron chi connectivity index (χ0n) is 18.7. The first kappa shape index (κ1) is 23.4.